The summed E-state index contributed by atoms with van der Waals surface area (Å²) >= 11 is 0. The highest BCUT2D eigenvalue weighted by Crippen LogP contribution is 2.32. The van der Waals surface area contributed by atoms with Crippen molar-refractivity contribution in [2.45, 2.75) is 52.4 Å². The first kappa shape index (κ1) is 23.3. The van der Waals surface area contributed by atoms with Gasteiger partial charge in [0.15, 0.2) is 0 Å². The normalized spacial score (nSPS) is 15.7. The third kappa shape index (κ3) is 4.62. The van der Waals surface area contributed by atoms with Gasteiger partial charge in [-0.1, -0.05) is 12.1 Å². The molecule has 0 atom stereocenters. The molecule has 2 aromatic carbocycles. The second kappa shape index (κ2) is 9.01. The Morgan fingerprint density at radius 2 is 1.58 bits per heavy atom. The van der Waals surface area contributed by atoms with Gasteiger partial charge in [-0.05, 0) is 87.4 Å². The number of benzene rings is 2. The van der Waals surface area contributed by atoms with E-state index >= 15 is 0 Å². The third-order valence-electron chi connectivity index (χ3n) is 6.33. The average molecular weight is 445 g/mol. The standard InChI is InChI=1S/C24H32N2O4S/c1-15-7-8-22(30-6)21(13-15)25-24(27)20-9-11-26(12-10-20)31(28,29)23-18(4)16(2)14-17(3)19(23)5/h7-8,13-14,20H,9-12H2,1-6H3,(H,25,27). The van der Waals surface area contributed by atoms with Crippen LogP contribution in [-0.4, -0.2) is 38.8 Å². The second-order valence-corrected chi connectivity index (χ2v) is 10.3. The van der Waals surface area contributed by atoms with Gasteiger partial charge in [0.1, 0.15) is 5.75 Å². The van der Waals surface area contributed by atoms with Crippen molar-refractivity contribution in [1.82, 2.24) is 4.31 Å². The number of nitrogens with one attached hydrogen (secondary N) is 1. The van der Waals surface area contributed by atoms with E-state index in [9.17, 15) is 13.2 Å². The SMILES string of the molecule is COc1ccc(C)cc1NC(=O)C1CCN(S(=O)(=O)c2c(C)c(C)cc(C)c2C)CC1. The smallest absolute Gasteiger partial charge is 0.243 e. The van der Waals surface area contributed by atoms with E-state index in [1.165, 1.54) is 4.31 Å². The van der Waals surface area contributed by atoms with E-state index in [1.54, 1.807) is 7.11 Å². The van der Waals surface area contributed by atoms with Gasteiger partial charge in [-0.25, -0.2) is 8.42 Å². The number of nitrogens with zero attached hydrogens (tertiary/aromatic N) is 1. The van der Waals surface area contributed by atoms with Crippen molar-refractivity contribution in [3.05, 3.63) is 52.1 Å². The van der Waals surface area contributed by atoms with Crippen LogP contribution in [0.25, 0.3) is 0 Å². The van der Waals surface area contributed by atoms with Gasteiger partial charge in [0.05, 0.1) is 17.7 Å². The Morgan fingerprint density at radius 1 is 1.00 bits per heavy atom. The van der Waals surface area contributed by atoms with Crippen LogP contribution >= 0.6 is 0 Å². The number of carbonyl (C=O) groups excluding carboxylic acids is 1. The first-order chi connectivity index (χ1) is 14.6. The molecule has 0 unspecified atom stereocenters. The van der Waals surface area contributed by atoms with Crippen LogP contribution in [0.1, 0.15) is 40.7 Å². The largest absolute Gasteiger partial charge is 0.495 e. The van der Waals surface area contributed by atoms with Crippen LogP contribution in [-0.2, 0) is 14.8 Å². The fraction of sp³-hybridized carbons (Fsp3) is 0.458. The van der Waals surface area contributed by atoms with E-state index in [4.69, 9.17) is 4.74 Å². The second-order valence-electron chi connectivity index (χ2n) is 8.46. The van der Waals surface area contributed by atoms with Gasteiger partial charge in [0.25, 0.3) is 0 Å². The molecule has 1 aliphatic heterocycles. The quantitative estimate of drug-likeness (QED) is 0.747. The zero-order chi connectivity index (χ0) is 22.9. The van der Waals surface area contributed by atoms with Crippen LogP contribution in [0.5, 0.6) is 5.75 Å². The number of methoxy groups -OCH3 is 1. The molecule has 1 amide bonds. The van der Waals surface area contributed by atoms with Gasteiger partial charge in [-0.3, -0.25) is 4.79 Å². The highest BCUT2D eigenvalue weighted by atomic mass is 32.2. The van der Waals surface area contributed by atoms with E-state index in [0.717, 1.165) is 27.8 Å². The highest BCUT2D eigenvalue weighted by molar-refractivity contribution is 7.89. The number of aryl methyl sites for hydroxylation is 3. The molecule has 31 heavy (non-hydrogen) atoms. The molecule has 1 aliphatic rings. The fourth-order valence-electron chi connectivity index (χ4n) is 4.21. The molecule has 1 N–H and O–H groups in total. The van der Waals surface area contributed by atoms with Crippen molar-refractivity contribution in [1.29, 1.82) is 0 Å². The topological polar surface area (TPSA) is 75.7 Å². The van der Waals surface area contributed by atoms with Crippen molar-refractivity contribution >= 4 is 21.6 Å². The van der Waals surface area contributed by atoms with Gasteiger partial charge in [0.2, 0.25) is 15.9 Å². The molecule has 1 saturated heterocycles. The number of rotatable bonds is 5. The first-order valence-electron chi connectivity index (χ1n) is 10.6. The first-order valence-corrected chi connectivity index (χ1v) is 12.0. The zero-order valence-electron chi connectivity index (χ0n) is 19.2. The van der Waals surface area contributed by atoms with E-state index in [2.05, 4.69) is 5.32 Å². The van der Waals surface area contributed by atoms with Crippen molar-refractivity contribution in [2.24, 2.45) is 5.92 Å². The number of hydrogen-bond donors (Lipinski definition) is 1. The lowest BCUT2D eigenvalue weighted by atomic mass is 9.97. The summed E-state index contributed by atoms with van der Waals surface area (Å²) in [7, 11) is -2.04. The lowest BCUT2D eigenvalue weighted by Crippen LogP contribution is -2.42. The van der Waals surface area contributed by atoms with E-state index in [0.29, 0.717) is 42.3 Å². The minimum absolute atomic E-state index is 0.0975. The summed E-state index contributed by atoms with van der Waals surface area (Å²) in [6.45, 7) is 10.2. The monoisotopic (exact) mass is 444 g/mol. The maximum absolute atomic E-state index is 13.4. The molecule has 0 aromatic heterocycles. The molecule has 0 aliphatic carbocycles. The Kier molecular flexibility index (Phi) is 6.76. The minimum Gasteiger partial charge on any atom is -0.495 e. The molecular formula is C24H32N2O4S. The number of piperidine rings is 1. The number of ether oxygens (including phenoxy) is 1. The molecule has 2 aromatic rings. The summed E-state index contributed by atoms with van der Waals surface area (Å²) in [4.78, 5) is 13.3. The van der Waals surface area contributed by atoms with Crippen LogP contribution in [0, 0.1) is 40.5 Å². The van der Waals surface area contributed by atoms with Gasteiger partial charge in [-0.2, -0.15) is 4.31 Å². The Labute approximate surface area is 185 Å². The van der Waals surface area contributed by atoms with Crippen molar-refractivity contribution in [3.63, 3.8) is 0 Å². The van der Waals surface area contributed by atoms with Crippen molar-refractivity contribution < 1.29 is 17.9 Å². The zero-order valence-corrected chi connectivity index (χ0v) is 20.0. The van der Waals surface area contributed by atoms with Gasteiger partial charge in [-0.15, -0.1) is 0 Å². The van der Waals surface area contributed by atoms with E-state index in [1.807, 2.05) is 58.9 Å². The van der Waals surface area contributed by atoms with Crippen LogP contribution in [0.4, 0.5) is 5.69 Å². The number of hydrogen-bond acceptors (Lipinski definition) is 4. The fourth-order valence-corrected chi connectivity index (χ4v) is 6.25. The summed E-state index contributed by atoms with van der Waals surface area (Å²) < 4.78 is 33.7. The summed E-state index contributed by atoms with van der Waals surface area (Å²) in [5, 5.41) is 2.96. The number of anilines is 1. The third-order valence-corrected chi connectivity index (χ3v) is 8.51. The molecule has 0 bridgehead atoms. The van der Waals surface area contributed by atoms with Crippen LogP contribution in [0.2, 0.25) is 0 Å². The van der Waals surface area contributed by atoms with Crippen molar-refractivity contribution in [3.8, 4) is 5.75 Å². The summed E-state index contributed by atoms with van der Waals surface area (Å²) in [6, 6.07) is 7.66. The Hall–Kier alpha value is -2.38. The molecular weight excluding hydrogens is 412 g/mol. The molecule has 0 spiro atoms. The molecule has 168 valence electrons. The van der Waals surface area contributed by atoms with Gasteiger partial charge < -0.3 is 10.1 Å². The molecule has 7 heteroatoms. The Bertz CT molecular complexity index is 1070. The lowest BCUT2D eigenvalue weighted by molar-refractivity contribution is -0.120. The maximum atomic E-state index is 13.4. The van der Waals surface area contributed by atoms with Crippen molar-refractivity contribution in [2.75, 3.05) is 25.5 Å². The molecule has 6 nitrogen and oxygen atoms in total. The lowest BCUT2D eigenvalue weighted by Gasteiger charge is -2.32. The highest BCUT2D eigenvalue weighted by Gasteiger charge is 2.34. The molecule has 1 heterocycles. The maximum Gasteiger partial charge on any atom is 0.243 e. The summed E-state index contributed by atoms with van der Waals surface area (Å²) in [5.41, 5.74) is 5.22. The molecule has 1 fully saturated rings. The summed E-state index contributed by atoms with van der Waals surface area (Å²) in [6.07, 6.45) is 0.976. The summed E-state index contributed by atoms with van der Waals surface area (Å²) in [5.74, 6) is 0.276. The van der Waals surface area contributed by atoms with Gasteiger partial charge >= 0.3 is 0 Å². The number of sulfonamides is 1. The number of carbonyl (C=O) groups is 1. The van der Waals surface area contributed by atoms with Crippen LogP contribution < -0.4 is 10.1 Å². The molecule has 0 radical (unpaired) electrons. The molecule has 3 rings (SSSR count). The van der Waals surface area contributed by atoms with Crippen LogP contribution in [0.15, 0.2) is 29.2 Å². The van der Waals surface area contributed by atoms with E-state index in [-0.39, 0.29) is 11.8 Å². The van der Waals surface area contributed by atoms with E-state index < -0.39 is 10.0 Å². The number of amides is 1. The predicted molar refractivity (Wildman–Crippen MR) is 123 cm³/mol. The van der Waals surface area contributed by atoms with Gasteiger partial charge in [0, 0.05) is 19.0 Å². The van der Waals surface area contributed by atoms with Crippen LogP contribution in [0.3, 0.4) is 0 Å². The Balaban J connectivity index is 1.74. The average Bonchev–Trinajstić information content (AvgIpc) is 2.72. The predicted octanol–water partition coefficient (Wildman–Crippen LogP) is 4.28. The molecule has 0 saturated carbocycles. The Morgan fingerprint density at radius 3 is 2.13 bits per heavy atom. The minimum atomic E-state index is -3.61.